The monoisotopic (exact) mass is 263 g/mol. The van der Waals surface area contributed by atoms with Gasteiger partial charge in [-0.2, -0.15) is 0 Å². The largest absolute Gasteiger partial charge is 0.491 e. The summed E-state index contributed by atoms with van der Waals surface area (Å²) in [7, 11) is 0. The van der Waals surface area contributed by atoms with Crippen LogP contribution in [0, 0.1) is 0 Å². The molecule has 0 saturated heterocycles. The quantitative estimate of drug-likeness (QED) is 0.785. The fourth-order valence-corrected chi connectivity index (χ4v) is 2.22. The molecule has 96 valence electrons. The van der Waals surface area contributed by atoms with Gasteiger partial charge in [-0.3, -0.25) is 0 Å². The maximum absolute atomic E-state index is 6.31. The first-order valence-corrected chi connectivity index (χ1v) is 6.85. The van der Waals surface area contributed by atoms with Crippen LogP contribution in [0.3, 0.4) is 0 Å². The molecule has 2 nitrogen and oxygen atoms in total. The van der Waals surface area contributed by atoms with Crippen LogP contribution in [0.15, 0.2) is 24.3 Å². The molecule has 0 N–H and O–H groups in total. The Morgan fingerprint density at radius 2 is 2.06 bits per heavy atom. The number of ether oxygens (including phenoxy) is 1. The molecule has 0 atom stereocenters. The fraction of sp³-hybridized carbons (Fsp3) is 0.400. The van der Waals surface area contributed by atoms with E-state index in [1.165, 1.54) is 0 Å². The predicted octanol–water partition coefficient (Wildman–Crippen LogP) is 4.63. The number of aryl methyl sites for hydroxylation is 1. The van der Waals surface area contributed by atoms with Crippen molar-refractivity contribution >= 4 is 22.5 Å². The van der Waals surface area contributed by atoms with Crippen LogP contribution < -0.4 is 4.74 Å². The Morgan fingerprint density at radius 1 is 1.22 bits per heavy atom. The molecule has 18 heavy (non-hydrogen) atoms. The van der Waals surface area contributed by atoms with E-state index in [1.807, 2.05) is 24.3 Å². The molecule has 1 aromatic carbocycles. The van der Waals surface area contributed by atoms with Crippen molar-refractivity contribution in [2.24, 2.45) is 0 Å². The van der Waals surface area contributed by atoms with Gasteiger partial charge in [0.05, 0.1) is 11.6 Å². The van der Waals surface area contributed by atoms with Crippen molar-refractivity contribution in [3.8, 4) is 5.75 Å². The van der Waals surface area contributed by atoms with Gasteiger partial charge in [-0.05, 0) is 25.0 Å². The summed E-state index contributed by atoms with van der Waals surface area (Å²) in [5, 5.41) is 1.72. The van der Waals surface area contributed by atoms with Gasteiger partial charge >= 0.3 is 0 Å². The molecule has 2 rings (SSSR count). The molecule has 0 bridgehead atoms. The molecular weight excluding hydrogens is 246 g/mol. The average molecular weight is 264 g/mol. The molecule has 1 heterocycles. The number of hydrogen-bond donors (Lipinski definition) is 0. The van der Waals surface area contributed by atoms with Crippen molar-refractivity contribution < 1.29 is 4.74 Å². The summed E-state index contributed by atoms with van der Waals surface area (Å²) in [5.74, 6) is 0.828. The van der Waals surface area contributed by atoms with Gasteiger partial charge in [0.15, 0.2) is 0 Å². The summed E-state index contributed by atoms with van der Waals surface area (Å²) in [6.07, 6.45) is 2.99. The average Bonchev–Trinajstić information content (AvgIpc) is 2.37. The number of pyridine rings is 1. The Kier molecular flexibility index (Phi) is 4.43. The minimum absolute atomic E-state index is 0.705. The first-order chi connectivity index (χ1) is 8.76. The maximum atomic E-state index is 6.31. The van der Waals surface area contributed by atoms with E-state index in [1.54, 1.807) is 0 Å². The number of benzene rings is 1. The molecule has 0 radical (unpaired) electrons. The molecule has 0 fully saturated rings. The smallest absolute Gasteiger partial charge is 0.145 e. The molecule has 0 amide bonds. The zero-order chi connectivity index (χ0) is 13.0. The predicted molar refractivity (Wildman–Crippen MR) is 76.5 cm³/mol. The van der Waals surface area contributed by atoms with Crippen LogP contribution in [0.1, 0.15) is 32.4 Å². The Hall–Kier alpha value is -1.28. The summed E-state index contributed by atoms with van der Waals surface area (Å²) in [6.45, 7) is 4.93. The number of rotatable bonds is 5. The topological polar surface area (TPSA) is 22.1 Å². The Bertz CT molecular complexity index is 539. The highest BCUT2D eigenvalue weighted by molar-refractivity contribution is 6.35. The van der Waals surface area contributed by atoms with E-state index in [4.69, 9.17) is 16.3 Å². The van der Waals surface area contributed by atoms with Gasteiger partial charge in [0.2, 0.25) is 0 Å². The van der Waals surface area contributed by atoms with Crippen LogP contribution in [0.4, 0.5) is 0 Å². The summed E-state index contributed by atoms with van der Waals surface area (Å²) >= 11 is 6.31. The molecular formula is C15H18ClNO. The molecule has 0 aliphatic carbocycles. The Balaban J connectivity index is 2.51. The highest BCUT2D eigenvalue weighted by atomic mass is 35.5. The van der Waals surface area contributed by atoms with Gasteiger partial charge in [-0.1, -0.05) is 44.0 Å². The highest BCUT2D eigenvalue weighted by Gasteiger charge is 2.08. The number of aromatic nitrogens is 1. The lowest BCUT2D eigenvalue weighted by molar-refractivity contribution is 0.320. The second kappa shape index (κ2) is 6.05. The third-order valence-corrected chi connectivity index (χ3v) is 3.09. The van der Waals surface area contributed by atoms with Crippen molar-refractivity contribution in [1.29, 1.82) is 0 Å². The van der Waals surface area contributed by atoms with Crippen LogP contribution in [0.5, 0.6) is 5.75 Å². The number of para-hydroxylation sites is 1. The van der Waals surface area contributed by atoms with Crippen LogP contribution >= 0.6 is 11.6 Å². The van der Waals surface area contributed by atoms with Gasteiger partial charge in [-0.15, -0.1) is 0 Å². The lowest BCUT2D eigenvalue weighted by Gasteiger charge is -2.10. The summed E-state index contributed by atoms with van der Waals surface area (Å²) in [5.41, 5.74) is 1.91. The van der Waals surface area contributed by atoms with E-state index in [0.29, 0.717) is 6.61 Å². The first-order valence-electron chi connectivity index (χ1n) is 6.47. The minimum atomic E-state index is 0.705. The Labute approximate surface area is 113 Å². The number of halogens is 1. The number of nitrogens with zero attached hydrogens (tertiary/aromatic N) is 1. The third-order valence-electron chi connectivity index (χ3n) is 2.77. The van der Waals surface area contributed by atoms with Crippen LogP contribution in [-0.2, 0) is 6.42 Å². The van der Waals surface area contributed by atoms with Crippen molar-refractivity contribution in [2.45, 2.75) is 33.1 Å². The van der Waals surface area contributed by atoms with Crippen molar-refractivity contribution in [2.75, 3.05) is 6.61 Å². The minimum Gasteiger partial charge on any atom is -0.491 e. The standard InChI is InChI=1S/C15H18ClNO/c1-3-6-11-10-13(16)12-7-5-8-14(15(12)17-11)18-9-4-2/h5,7-8,10H,3-4,6,9H2,1-2H3. The highest BCUT2D eigenvalue weighted by Crippen LogP contribution is 2.30. The van der Waals surface area contributed by atoms with Crippen LogP contribution in [0.2, 0.25) is 5.02 Å². The summed E-state index contributed by atoms with van der Waals surface area (Å²) < 4.78 is 5.74. The van der Waals surface area contributed by atoms with E-state index in [-0.39, 0.29) is 0 Å². The lowest BCUT2D eigenvalue weighted by Crippen LogP contribution is -1.98. The SMILES string of the molecule is CCCOc1cccc2c(Cl)cc(CCC)nc12. The normalized spacial score (nSPS) is 10.8. The molecule has 0 unspecified atom stereocenters. The van der Waals surface area contributed by atoms with E-state index in [2.05, 4.69) is 18.8 Å². The maximum Gasteiger partial charge on any atom is 0.145 e. The molecule has 0 spiro atoms. The fourth-order valence-electron chi connectivity index (χ4n) is 1.94. The molecule has 2 aromatic rings. The lowest BCUT2D eigenvalue weighted by atomic mass is 10.1. The van der Waals surface area contributed by atoms with Crippen molar-refractivity contribution in [3.05, 3.63) is 35.0 Å². The second-order valence-corrected chi connectivity index (χ2v) is 4.75. The molecule has 0 aliphatic rings. The van der Waals surface area contributed by atoms with E-state index >= 15 is 0 Å². The molecule has 1 aromatic heterocycles. The van der Waals surface area contributed by atoms with E-state index < -0.39 is 0 Å². The molecule has 3 heteroatoms. The Morgan fingerprint density at radius 3 is 2.78 bits per heavy atom. The van der Waals surface area contributed by atoms with Gasteiger partial charge < -0.3 is 4.74 Å². The van der Waals surface area contributed by atoms with E-state index in [9.17, 15) is 0 Å². The van der Waals surface area contributed by atoms with Crippen molar-refractivity contribution in [3.63, 3.8) is 0 Å². The molecule has 0 aliphatic heterocycles. The first kappa shape index (κ1) is 13.2. The van der Waals surface area contributed by atoms with Gasteiger partial charge in [0, 0.05) is 11.1 Å². The van der Waals surface area contributed by atoms with E-state index in [0.717, 1.165) is 46.6 Å². The zero-order valence-electron chi connectivity index (χ0n) is 10.9. The van der Waals surface area contributed by atoms with Crippen LogP contribution in [-0.4, -0.2) is 11.6 Å². The van der Waals surface area contributed by atoms with Crippen molar-refractivity contribution in [1.82, 2.24) is 4.98 Å². The summed E-state index contributed by atoms with van der Waals surface area (Å²) in [6, 6.07) is 7.85. The summed E-state index contributed by atoms with van der Waals surface area (Å²) in [4.78, 5) is 4.67. The second-order valence-electron chi connectivity index (χ2n) is 4.35. The van der Waals surface area contributed by atoms with Crippen LogP contribution in [0.25, 0.3) is 10.9 Å². The zero-order valence-corrected chi connectivity index (χ0v) is 11.6. The third kappa shape index (κ3) is 2.75. The van der Waals surface area contributed by atoms with Gasteiger partial charge in [0.25, 0.3) is 0 Å². The van der Waals surface area contributed by atoms with Gasteiger partial charge in [-0.25, -0.2) is 4.98 Å². The molecule has 0 saturated carbocycles. The number of fused-ring (bicyclic) bond motifs is 1. The number of hydrogen-bond acceptors (Lipinski definition) is 2. The van der Waals surface area contributed by atoms with Gasteiger partial charge in [0.1, 0.15) is 11.3 Å².